The maximum atomic E-state index is 12.1. The number of para-hydroxylation sites is 2. The summed E-state index contributed by atoms with van der Waals surface area (Å²) in [7, 11) is 1.72. The minimum absolute atomic E-state index is 0.0374. The Labute approximate surface area is 167 Å². The van der Waals surface area contributed by atoms with Gasteiger partial charge in [-0.1, -0.05) is 31.4 Å². The average molecular weight is 385 g/mol. The Bertz CT molecular complexity index is 806. The first kappa shape index (κ1) is 20.2. The first-order chi connectivity index (χ1) is 13.7. The number of imidazole rings is 1. The summed E-state index contributed by atoms with van der Waals surface area (Å²) >= 11 is 0. The molecule has 28 heavy (non-hydrogen) atoms. The highest BCUT2D eigenvalue weighted by atomic mass is 16.2. The Balaban J connectivity index is 1.38. The van der Waals surface area contributed by atoms with Crippen LogP contribution in [0.15, 0.2) is 29.3 Å². The van der Waals surface area contributed by atoms with Gasteiger partial charge in [0.15, 0.2) is 5.96 Å². The van der Waals surface area contributed by atoms with Gasteiger partial charge in [-0.05, 0) is 38.3 Å². The second-order valence-corrected chi connectivity index (χ2v) is 7.41. The number of carbonyl (C=O) groups is 1. The predicted molar refractivity (Wildman–Crippen MR) is 113 cm³/mol. The molecule has 0 radical (unpaired) electrons. The first-order valence-corrected chi connectivity index (χ1v) is 10.3. The van der Waals surface area contributed by atoms with Crippen molar-refractivity contribution >= 4 is 22.9 Å². The van der Waals surface area contributed by atoms with Crippen LogP contribution in [0.3, 0.4) is 0 Å². The zero-order valence-corrected chi connectivity index (χ0v) is 17.0. The lowest BCUT2D eigenvalue weighted by Crippen LogP contribution is -2.46. The van der Waals surface area contributed by atoms with Gasteiger partial charge in [0.1, 0.15) is 5.82 Å². The molecule has 1 aromatic heterocycles. The second kappa shape index (κ2) is 10.1. The number of nitrogens with one attached hydrogen (secondary N) is 3. The van der Waals surface area contributed by atoms with Gasteiger partial charge in [0.2, 0.25) is 5.91 Å². The third kappa shape index (κ3) is 5.47. The van der Waals surface area contributed by atoms with E-state index in [0.29, 0.717) is 12.0 Å². The molecule has 1 fully saturated rings. The van der Waals surface area contributed by atoms with E-state index in [-0.39, 0.29) is 12.5 Å². The molecule has 7 nitrogen and oxygen atoms in total. The lowest BCUT2D eigenvalue weighted by molar-refractivity contribution is -0.120. The lowest BCUT2D eigenvalue weighted by Gasteiger charge is -2.23. The molecule has 3 N–H and O–H groups in total. The van der Waals surface area contributed by atoms with Crippen LogP contribution >= 0.6 is 0 Å². The van der Waals surface area contributed by atoms with Gasteiger partial charge in [-0.15, -0.1) is 0 Å². The largest absolute Gasteiger partial charge is 0.356 e. The van der Waals surface area contributed by atoms with E-state index in [1.54, 1.807) is 7.05 Å². The summed E-state index contributed by atoms with van der Waals surface area (Å²) in [5.74, 6) is 1.73. The summed E-state index contributed by atoms with van der Waals surface area (Å²) in [6.07, 6.45) is 6.86. The van der Waals surface area contributed by atoms with Crippen molar-refractivity contribution < 1.29 is 4.79 Å². The zero-order chi connectivity index (χ0) is 19.8. The SMILES string of the molecule is CN=C(NCCCn1c(C)nc2ccccc21)NCC(=O)NC1CCCCC1. The molecule has 1 aromatic carbocycles. The highest BCUT2D eigenvalue weighted by Crippen LogP contribution is 2.17. The van der Waals surface area contributed by atoms with Gasteiger partial charge in [0, 0.05) is 26.2 Å². The minimum atomic E-state index is 0.0374. The number of aromatic nitrogens is 2. The molecule has 1 saturated carbocycles. The molecular formula is C21H32N6O. The van der Waals surface area contributed by atoms with Gasteiger partial charge < -0.3 is 20.5 Å². The molecule has 152 valence electrons. The highest BCUT2D eigenvalue weighted by molar-refractivity contribution is 5.86. The summed E-state index contributed by atoms with van der Waals surface area (Å²) in [6, 6.07) is 8.55. The molecule has 0 spiro atoms. The van der Waals surface area contributed by atoms with Gasteiger partial charge in [-0.25, -0.2) is 4.98 Å². The van der Waals surface area contributed by atoms with Crippen molar-refractivity contribution in [1.29, 1.82) is 0 Å². The van der Waals surface area contributed by atoms with Crippen molar-refractivity contribution in [2.24, 2.45) is 4.99 Å². The van der Waals surface area contributed by atoms with Crippen molar-refractivity contribution in [2.45, 2.75) is 58.0 Å². The number of carbonyl (C=O) groups excluding carboxylic acids is 1. The first-order valence-electron chi connectivity index (χ1n) is 10.3. The van der Waals surface area contributed by atoms with Crippen LogP contribution in [-0.2, 0) is 11.3 Å². The average Bonchev–Trinajstić information content (AvgIpc) is 3.03. The second-order valence-electron chi connectivity index (χ2n) is 7.41. The molecule has 0 aliphatic heterocycles. The Morgan fingerprint density at radius 1 is 1.21 bits per heavy atom. The van der Waals surface area contributed by atoms with Gasteiger partial charge >= 0.3 is 0 Å². The summed E-state index contributed by atoms with van der Waals surface area (Å²) in [4.78, 5) is 20.9. The Kier molecular flexibility index (Phi) is 7.28. The molecule has 1 aliphatic rings. The Morgan fingerprint density at radius 2 is 2.00 bits per heavy atom. The van der Waals surface area contributed by atoms with E-state index in [1.807, 2.05) is 25.1 Å². The molecule has 3 rings (SSSR count). The van der Waals surface area contributed by atoms with Gasteiger partial charge in [-0.3, -0.25) is 9.79 Å². The van der Waals surface area contributed by atoms with E-state index in [2.05, 4.69) is 36.6 Å². The summed E-state index contributed by atoms with van der Waals surface area (Å²) in [6.45, 7) is 3.95. The van der Waals surface area contributed by atoms with E-state index < -0.39 is 0 Å². The van der Waals surface area contributed by atoms with Gasteiger partial charge in [-0.2, -0.15) is 0 Å². The maximum Gasteiger partial charge on any atom is 0.239 e. The number of hydrogen-bond donors (Lipinski definition) is 3. The number of amides is 1. The van der Waals surface area contributed by atoms with Crippen LogP contribution in [0.2, 0.25) is 0 Å². The topological polar surface area (TPSA) is 83.3 Å². The molecule has 0 unspecified atom stereocenters. The van der Waals surface area contributed by atoms with Crippen LogP contribution in [0, 0.1) is 6.92 Å². The fraction of sp³-hybridized carbons (Fsp3) is 0.571. The summed E-state index contributed by atoms with van der Waals surface area (Å²) in [5.41, 5.74) is 2.20. The number of hydrogen-bond acceptors (Lipinski definition) is 3. The number of nitrogens with zero attached hydrogens (tertiary/aromatic N) is 3. The Hall–Kier alpha value is -2.57. The molecule has 0 saturated heterocycles. The van der Waals surface area contributed by atoms with E-state index in [0.717, 1.165) is 43.7 Å². The molecular weight excluding hydrogens is 352 g/mol. The third-order valence-electron chi connectivity index (χ3n) is 5.31. The van der Waals surface area contributed by atoms with Gasteiger partial charge in [0.05, 0.1) is 17.6 Å². The number of benzene rings is 1. The van der Waals surface area contributed by atoms with Crippen LogP contribution in [0.4, 0.5) is 0 Å². The summed E-state index contributed by atoms with van der Waals surface area (Å²) < 4.78 is 2.24. The van der Waals surface area contributed by atoms with E-state index in [9.17, 15) is 4.79 Å². The number of rotatable bonds is 7. The summed E-state index contributed by atoms with van der Waals surface area (Å²) in [5, 5.41) is 9.50. The normalized spacial score (nSPS) is 15.6. The quantitative estimate of drug-likeness (QED) is 0.389. The van der Waals surface area contributed by atoms with Crippen molar-refractivity contribution in [3.05, 3.63) is 30.1 Å². The zero-order valence-electron chi connectivity index (χ0n) is 17.0. The predicted octanol–water partition coefficient (Wildman–Crippen LogP) is 2.35. The highest BCUT2D eigenvalue weighted by Gasteiger charge is 2.15. The molecule has 0 bridgehead atoms. The van der Waals surface area contributed by atoms with Crippen LogP contribution < -0.4 is 16.0 Å². The molecule has 1 amide bonds. The lowest BCUT2D eigenvalue weighted by atomic mass is 9.95. The minimum Gasteiger partial charge on any atom is -0.356 e. The van der Waals surface area contributed by atoms with E-state index >= 15 is 0 Å². The van der Waals surface area contributed by atoms with E-state index in [1.165, 1.54) is 24.8 Å². The number of aryl methyl sites for hydroxylation is 2. The molecule has 0 atom stereocenters. The van der Waals surface area contributed by atoms with Crippen LogP contribution in [-0.4, -0.2) is 47.6 Å². The third-order valence-corrected chi connectivity index (χ3v) is 5.31. The molecule has 7 heteroatoms. The number of aliphatic imine (C=N–C) groups is 1. The molecule has 1 aliphatic carbocycles. The fourth-order valence-electron chi connectivity index (χ4n) is 3.83. The van der Waals surface area contributed by atoms with Crippen molar-refractivity contribution in [3.63, 3.8) is 0 Å². The van der Waals surface area contributed by atoms with Crippen molar-refractivity contribution in [2.75, 3.05) is 20.1 Å². The number of guanidine groups is 1. The molecule has 2 aromatic rings. The van der Waals surface area contributed by atoms with E-state index in [4.69, 9.17) is 0 Å². The van der Waals surface area contributed by atoms with Gasteiger partial charge in [0.25, 0.3) is 0 Å². The van der Waals surface area contributed by atoms with Crippen LogP contribution in [0.25, 0.3) is 11.0 Å². The smallest absolute Gasteiger partial charge is 0.239 e. The van der Waals surface area contributed by atoms with Crippen LogP contribution in [0.5, 0.6) is 0 Å². The fourth-order valence-corrected chi connectivity index (χ4v) is 3.83. The number of fused-ring (bicyclic) bond motifs is 1. The monoisotopic (exact) mass is 384 g/mol. The van der Waals surface area contributed by atoms with Crippen molar-refractivity contribution in [1.82, 2.24) is 25.5 Å². The molecule has 1 heterocycles. The van der Waals surface area contributed by atoms with Crippen LogP contribution in [0.1, 0.15) is 44.3 Å². The standard InChI is InChI=1S/C21H32N6O/c1-16-25-18-11-6-7-12-19(18)27(16)14-8-13-23-21(22-2)24-15-20(28)26-17-9-4-3-5-10-17/h6-7,11-12,17H,3-5,8-10,13-15H2,1-2H3,(H,26,28)(H2,22,23,24). The maximum absolute atomic E-state index is 12.1. The Morgan fingerprint density at radius 3 is 2.79 bits per heavy atom. The van der Waals surface area contributed by atoms with Crippen molar-refractivity contribution in [3.8, 4) is 0 Å².